The van der Waals surface area contributed by atoms with Crippen molar-refractivity contribution >= 4 is 46.7 Å². The van der Waals surface area contributed by atoms with Crippen molar-refractivity contribution in [3.05, 3.63) is 47.0 Å². The van der Waals surface area contributed by atoms with E-state index in [1.807, 2.05) is 35.2 Å². The Hall–Kier alpha value is -3.64. The van der Waals surface area contributed by atoms with Crippen molar-refractivity contribution in [2.75, 3.05) is 56.7 Å². The Morgan fingerprint density at radius 3 is 2.59 bits per heavy atom. The van der Waals surface area contributed by atoms with E-state index in [1.54, 1.807) is 18.1 Å². The average Bonchev–Trinajstić information content (AvgIpc) is 3.16. The molecule has 2 N–H and O–H groups in total. The van der Waals surface area contributed by atoms with E-state index in [0.717, 1.165) is 17.4 Å². The molecule has 0 atom stereocenters. The highest BCUT2D eigenvalue weighted by Crippen LogP contribution is 2.27. The molecule has 0 aliphatic carbocycles. The first-order valence-corrected chi connectivity index (χ1v) is 11.4. The highest BCUT2D eigenvalue weighted by molar-refractivity contribution is 8.18. The van der Waals surface area contributed by atoms with Crippen LogP contribution in [-0.4, -0.2) is 78.5 Å². The summed E-state index contributed by atoms with van der Waals surface area (Å²) in [5.74, 6) is 0.280. The minimum Gasteiger partial charge on any atom is -0.475 e. The van der Waals surface area contributed by atoms with Gasteiger partial charge in [0.1, 0.15) is 6.61 Å². The van der Waals surface area contributed by atoms with Gasteiger partial charge in [0.2, 0.25) is 11.8 Å². The smallest absolute Gasteiger partial charge is 0.321 e. The van der Waals surface area contributed by atoms with Gasteiger partial charge in [-0.2, -0.15) is 4.98 Å². The number of piperazine rings is 1. The lowest BCUT2D eigenvalue weighted by atomic mass is 10.3. The predicted octanol–water partition coefficient (Wildman–Crippen LogP) is 2.18. The van der Waals surface area contributed by atoms with Crippen molar-refractivity contribution in [3.8, 4) is 5.88 Å². The molecule has 2 aliphatic rings. The number of rotatable bonds is 7. The van der Waals surface area contributed by atoms with E-state index in [0.29, 0.717) is 56.9 Å². The van der Waals surface area contributed by atoms with Crippen LogP contribution in [0.2, 0.25) is 0 Å². The van der Waals surface area contributed by atoms with Crippen LogP contribution in [0, 0.1) is 0 Å². The number of aromatic nitrogens is 2. The van der Waals surface area contributed by atoms with Gasteiger partial charge >= 0.3 is 6.03 Å². The first-order chi connectivity index (χ1) is 16.5. The van der Waals surface area contributed by atoms with Gasteiger partial charge < -0.3 is 24.6 Å². The number of benzene rings is 1. The number of thioether (sulfide) groups is 1. The van der Waals surface area contributed by atoms with Crippen molar-refractivity contribution < 1.29 is 23.9 Å². The molecule has 2 saturated heterocycles. The quantitative estimate of drug-likeness (QED) is 0.449. The monoisotopic (exact) mass is 484 g/mol. The Balaban J connectivity index is 1.46. The lowest BCUT2D eigenvalue weighted by Crippen LogP contribution is -2.50. The number of anilines is 2. The zero-order valence-electron chi connectivity index (χ0n) is 18.5. The van der Waals surface area contributed by atoms with E-state index < -0.39 is 11.1 Å². The Kier molecular flexibility index (Phi) is 7.60. The number of methoxy groups -OCH3 is 1. The van der Waals surface area contributed by atoms with Crippen molar-refractivity contribution in [3.63, 3.8) is 0 Å². The fourth-order valence-corrected chi connectivity index (χ4v) is 4.00. The second-order valence-corrected chi connectivity index (χ2v) is 8.41. The summed E-state index contributed by atoms with van der Waals surface area (Å²) in [4.78, 5) is 49.0. The molecule has 0 spiro atoms. The molecule has 3 heterocycles. The normalized spacial score (nSPS) is 17.1. The van der Waals surface area contributed by atoms with Gasteiger partial charge in [-0.25, -0.2) is 9.78 Å². The first-order valence-electron chi connectivity index (χ1n) is 10.6. The van der Waals surface area contributed by atoms with E-state index in [-0.39, 0.29) is 10.9 Å². The molecular formula is C22H24N6O5S. The zero-order valence-corrected chi connectivity index (χ0v) is 19.3. The molecule has 0 saturated carbocycles. The molecule has 1 aromatic heterocycles. The minimum atomic E-state index is -0.463. The van der Waals surface area contributed by atoms with Crippen molar-refractivity contribution in [1.29, 1.82) is 0 Å². The van der Waals surface area contributed by atoms with Crippen molar-refractivity contribution in [2.45, 2.75) is 0 Å². The summed E-state index contributed by atoms with van der Waals surface area (Å²) in [5, 5.41) is 4.69. The second-order valence-electron chi connectivity index (χ2n) is 7.39. The fourth-order valence-electron chi connectivity index (χ4n) is 3.34. The van der Waals surface area contributed by atoms with Crippen LogP contribution in [0.4, 0.5) is 21.2 Å². The van der Waals surface area contributed by atoms with Crippen LogP contribution in [0.25, 0.3) is 6.08 Å². The van der Waals surface area contributed by atoms with E-state index >= 15 is 0 Å². The van der Waals surface area contributed by atoms with Crippen molar-refractivity contribution in [1.82, 2.24) is 20.2 Å². The number of hydrogen-bond donors (Lipinski definition) is 2. The average molecular weight is 485 g/mol. The number of urea groups is 1. The fraction of sp³-hybridized carbons (Fsp3) is 0.318. The minimum absolute atomic E-state index is 0.164. The summed E-state index contributed by atoms with van der Waals surface area (Å²) >= 11 is 0.817. The molecule has 4 amide bonds. The van der Waals surface area contributed by atoms with Crippen LogP contribution in [0.1, 0.15) is 5.69 Å². The molecule has 178 valence electrons. The number of imide groups is 1. The third-order valence-electron chi connectivity index (χ3n) is 5.04. The molecule has 12 heteroatoms. The van der Waals surface area contributed by atoms with Crippen LogP contribution in [0.5, 0.6) is 5.88 Å². The molecule has 34 heavy (non-hydrogen) atoms. The van der Waals surface area contributed by atoms with Gasteiger partial charge in [0.25, 0.3) is 11.1 Å². The Bertz CT molecular complexity index is 1090. The van der Waals surface area contributed by atoms with Crippen LogP contribution >= 0.6 is 11.8 Å². The van der Waals surface area contributed by atoms with Gasteiger partial charge in [-0.15, -0.1) is 0 Å². The van der Waals surface area contributed by atoms with Crippen LogP contribution < -0.4 is 20.3 Å². The summed E-state index contributed by atoms with van der Waals surface area (Å²) in [5.41, 5.74) is 1.18. The molecular weight excluding hydrogens is 460 g/mol. The topological polar surface area (TPSA) is 126 Å². The molecule has 0 unspecified atom stereocenters. The lowest BCUT2D eigenvalue weighted by Gasteiger charge is -2.34. The van der Waals surface area contributed by atoms with E-state index in [4.69, 9.17) is 9.47 Å². The summed E-state index contributed by atoms with van der Waals surface area (Å²) in [6.45, 7) is 2.70. The maximum atomic E-state index is 12.6. The van der Waals surface area contributed by atoms with Crippen LogP contribution in [0.15, 0.2) is 41.3 Å². The third-order valence-corrected chi connectivity index (χ3v) is 5.85. The molecule has 0 radical (unpaired) electrons. The van der Waals surface area contributed by atoms with Gasteiger partial charge in [0.05, 0.1) is 17.2 Å². The molecule has 2 aromatic rings. The van der Waals surface area contributed by atoms with Crippen LogP contribution in [-0.2, 0) is 9.53 Å². The summed E-state index contributed by atoms with van der Waals surface area (Å²) in [6.07, 6.45) is 1.53. The van der Waals surface area contributed by atoms with E-state index in [9.17, 15) is 14.4 Å². The predicted molar refractivity (Wildman–Crippen MR) is 128 cm³/mol. The summed E-state index contributed by atoms with van der Waals surface area (Å²) in [7, 11) is 1.57. The number of amides is 4. The number of carbonyl (C=O) groups is 3. The number of carbonyl (C=O) groups excluding carboxylic acids is 3. The zero-order chi connectivity index (χ0) is 23.9. The SMILES string of the molecule is COCCOc1cc(C=C2SC(=O)NC2=O)nc(N2CCN(C(=O)Nc3ccccc3)CC2)n1. The highest BCUT2D eigenvalue weighted by Gasteiger charge is 2.26. The first kappa shape index (κ1) is 23.5. The van der Waals surface area contributed by atoms with Gasteiger partial charge in [-0.3, -0.25) is 14.9 Å². The standard InChI is InChI=1S/C22H24N6O5S/c1-32-11-12-33-18-14-16(13-17-19(29)26-22(31)34-17)23-20(25-18)27-7-9-28(10-8-27)21(30)24-15-5-3-2-4-6-15/h2-6,13-14H,7-12H2,1H3,(H,24,30)(H,26,29,31). The van der Waals surface area contributed by atoms with Gasteiger partial charge in [0, 0.05) is 45.0 Å². The highest BCUT2D eigenvalue weighted by atomic mass is 32.2. The Morgan fingerprint density at radius 2 is 1.91 bits per heavy atom. The number of ether oxygens (including phenoxy) is 2. The molecule has 11 nitrogen and oxygen atoms in total. The molecule has 4 rings (SSSR count). The van der Waals surface area contributed by atoms with E-state index in [2.05, 4.69) is 20.6 Å². The summed E-state index contributed by atoms with van der Waals surface area (Å²) in [6, 6.07) is 10.7. The Labute approximate surface area is 200 Å². The number of para-hydroxylation sites is 1. The van der Waals surface area contributed by atoms with Gasteiger partial charge in [0.15, 0.2) is 0 Å². The number of nitrogens with one attached hydrogen (secondary N) is 2. The molecule has 0 bridgehead atoms. The summed E-state index contributed by atoms with van der Waals surface area (Å²) < 4.78 is 10.7. The second kappa shape index (κ2) is 11.0. The Morgan fingerprint density at radius 1 is 1.15 bits per heavy atom. The van der Waals surface area contributed by atoms with Crippen LogP contribution in [0.3, 0.4) is 0 Å². The maximum absolute atomic E-state index is 12.6. The third kappa shape index (κ3) is 6.02. The molecule has 2 aliphatic heterocycles. The molecule has 1 aromatic carbocycles. The molecule has 2 fully saturated rings. The van der Waals surface area contributed by atoms with E-state index in [1.165, 1.54) is 6.08 Å². The number of hydrogen-bond acceptors (Lipinski definition) is 9. The van der Waals surface area contributed by atoms with Crippen molar-refractivity contribution in [2.24, 2.45) is 0 Å². The maximum Gasteiger partial charge on any atom is 0.321 e. The van der Waals surface area contributed by atoms with Gasteiger partial charge in [-0.05, 0) is 30.0 Å². The van der Waals surface area contributed by atoms with Gasteiger partial charge in [-0.1, -0.05) is 18.2 Å². The lowest BCUT2D eigenvalue weighted by molar-refractivity contribution is -0.115. The largest absolute Gasteiger partial charge is 0.475 e. The number of nitrogens with zero attached hydrogens (tertiary/aromatic N) is 4.